The van der Waals surface area contributed by atoms with E-state index in [2.05, 4.69) is 59.4 Å². The van der Waals surface area contributed by atoms with Gasteiger partial charge in [-0.25, -0.2) is 4.79 Å². The van der Waals surface area contributed by atoms with Crippen molar-refractivity contribution >= 4 is 21.9 Å². The van der Waals surface area contributed by atoms with Crippen molar-refractivity contribution in [2.75, 3.05) is 13.1 Å². The molecule has 0 bridgehead atoms. The third-order valence-corrected chi connectivity index (χ3v) is 6.56. The lowest BCUT2D eigenvalue weighted by Gasteiger charge is -2.32. The first-order valence-corrected chi connectivity index (χ1v) is 10.4. The highest BCUT2D eigenvalue weighted by molar-refractivity contribution is 5.84. The Hall–Kier alpha value is -2.85. The number of aryl methyl sites for hydroxylation is 2. The molecule has 4 heteroatoms. The molecule has 2 aromatic carbocycles. The third-order valence-electron chi connectivity index (χ3n) is 6.56. The standard InChI is InChI=1S/C25H26N2O2/c1-16-7-8-20-19(13-24(28)29-25(20)17(16)2)15-27-11-9-18(10-12-27)22-14-26-23-6-4-3-5-21(22)23/h3-8,13-14,18,26H,9-12,15H2,1-2H3. The van der Waals surface area contributed by atoms with Crippen LogP contribution in [-0.4, -0.2) is 23.0 Å². The molecule has 1 aliphatic heterocycles. The van der Waals surface area contributed by atoms with Crippen LogP contribution in [0.15, 0.2) is 57.9 Å². The Bertz CT molecular complexity index is 1240. The second kappa shape index (κ2) is 7.20. The number of para-hydroxylation sites is 1. The molecule has 4 aromatic rings. The fourth-order valence-electron chi connectivity index (χ4n) is 4.73. The second-order valence-corrected chi connectivity index (χ2v) is 8.31. The Morgan fingerprint density at radius 1 is 1.07 bits per heavy atom. The lowest BCUT2D eigenvalue weighted by Crippen LogP contribution is -2.32. The molecule has 0 unspecified atom stereocenters. The van der Waals surface area contributed by atoms with Crippen LogP contribution < -0.4 is 5.63 Å². The van der Waals surface area contributed by atoms with Crippen LogP contribution in [0, 0.1) is 13.8 Å². The average molecular weight is 386 g/mol. The lowest BCUT2D eigenvalue weighted by molar-refractivity contribution is 0.205. The summed E-state index contributed by atoms with van der Waals surface area (Å²) < 4.78 is 5.53. The van der Waals surface area contributed by atoms with Gasteiger partial charge in [0.1, 0.15) is 5.58 Å². The van der Waals surface area contributed by atoms with Crippen molar-refractivity contribution < 1.29 is 4.42 Å². The van der Waals surface area contributed by atoms with Crippen LogP contribution in [0.3, 0.4) is 0 Å². The number of aromatic nitrogens is 1. The first-order valence-electron chi connectivity index (χ1n) is 10.4. The number of fused-ring (bicyclic) bond motifs is 2. The number of hydrogen-bond acceptors (Lipinski definition) is 3. The Kier molecular flexibility index (Phi) is 4.51. The highest BCUT2D eigenvalue weighted by Crippen LogP contribution is 2.34. The van der Waals surface area contributed by atoms with E-state index in [0.29, 0.717) is 5.92 Å². The van der Waals surface area contributed by atoms with Gasteiger partial charge >= 0.3 is 5.63 Å². The summed E-state index contributed by atoms with van der Waals surface area (Å²) >= 11 is 0. The molecule has 29 heavy (non-hydrogen) atoms. The van der Waals surface area contributed by atoms with Crippen molar-refractivity contribution in [1.82, 2.24) is 9.88 Å². The molecule has 5 rings (SSSR count). The monoisotopic (exact) mass is 386 g/mol. The highest BCUT2D eigenvalue weighted by atomic mass is 16.4. The number of H-pyrrole nitrogens is 1. The molecule has 0 radical (unpaired) electrons. The molecule has 4 nitrogen and oxygen atoms in total. The van der Waals surface area contributed by atoms with E-state index in [1.807, 2.05) is 6.92 Å². The van der Waals surface area contributed by atoms with Gasteiger partial charge in [0, 0.05) is 35.1 Å². The Morgan fingerprint density at radius 3 is 2.69 bits per heavy atom. The minimum absolute atomic E-state index is 0.255. The molecule has 0 saturated carbocycles. The van der Waals surface area contributed by atoms with Crippen molar-refractivity contribution in [3.8, 4) is 0 Å². The molecular formula is C25H26N2O2. The second-order valence-electron chi connectivity index (χ2n) is 8.31. The Balaban J connectivity index is 1.36. The van der Waals surface area contributed by atoms with E-state index in [9.17, 15) is 4.79 Å². The summed E-state index contributed by atoms with van der Waals surface area (Å²) in [4.78, 5) is 18.0. The molecule has 0 amide bonds. The fraction of sp³-hybridized carbons (Fsp3) is 0.320. The zero-order valence-electron chi connectivity index (χ0n) is 17.0. The molecule has 3 heterocycles. The quantitative estimate of drug-likeness (QED) is 0.488. The molecule has 1 fully saturated rings. The maximum Gasteiger partial charge on any atom is 0.336 e. The van der Waals surface area contributed by atoms with Crippen LogP contribution in [0.2, 0.25) is 0 Å². The first-order chi connectivity index (χ1) is 14.1. The van der Waals surface area contributed by atoms with Crippen LogP contribution >= 0.6 is 0 Å². The van der Waals surface area contributed by atoms with Gasteiger partial charge in [0.15, 0.2) is 0 Å². The summed E-state index contributed by atoms with van der Waals surface area (Å²) in [6.45, 7) is 6.95. The van der Waals surface area contributed by atoms with Gasteiger partial charge in [0.2, 0.25) is 0 Å². The molecule has 0 spiro atoms. The smallest absolute Gasteiger partial charge is 0.336 e. The van der Waals surface area contributed by atoms with Gasteiger partial charge in [0.25, 0.3) is 0 Å². The normalized spacial score (nSPS) is 16.1. The molecule has 0 aliphatic carbocycles. The van der Waals surface area contributed by atoms with Crippen molar-refractivity contribution in [2.24, 2.45) is 0 Å². The van der Waals surface area contributed by atoms with Gasteiger partial charge < -0.3 is 9.40 Å². The SMILES string of the molecule is Cc1ccc2c(CN3CCC(c4c[nH]c5ccccc45)CC3)cc(=O)oc2c1C. The average Bonchev–Trinajstić information content (AvgIpc) is 3.16. The van der Waals surface area contributed by atoms with E-state index >= 15 is 0 Å². The first kappa shape index (κ1) is 18.2. The number of piperidine rings is 1. The number of rotatable bonds is 3. The maximum atomic E-state index is 12.2. The van der Waals surface area contributed by atoms with Crippen LogP contribution in [0.5, 0.6) is 0 Å². The van der Waals surface area contributed by atoms with Crippen molar-refractivity contribution in [1.29, 1.82) is 0 Å². The van der Waals surface area contributed by atoms with Gasteiger partial charge in [-0.2, -0.15) is 0 Å². The predicted octanol–water partition coefficient (Wildman–Crippen LogP) is 5.27. The molecule has 1 saturated heterocycles. The summed E-state index contributed by atoms with van der Waals surface area (Å²) in [5, 5.41) is 2.41. The molecule has 1 aliphatic rings. The Labute approximate surface area is 170 Å². The zero-order valence-corrected chi connectivity index (χ0v) is 17.0. The summed E-state index contributed by atoms with van der Waals surface area (Å²) in [5.74, 6) is 0.588. The third kappa shape index (κ3) is 3.28. The van der Waals surface area contributed by atoms with Crippen LogP contribution in [-0.2, 0) is 6.54 Å². The fourth-order valence-corrected chi connectivity index (χ4v) is 4.73. The minimum atomic E-state index is -0.255. The Morgan fingerprint density at radius 2 is 1.86 bits per heavy atom. The van der Waals surface area contributed by atoms with Crippen LogP contribution in [0.4, 0.5) is 0 Å². The number of hydrogen-bond donors (Lipinski definition) is 1. The van der Waals surface area contributed by atoms with E-state index in [4.69, 9.17) is 4.42 Å². The van der Waals surface area contributed by atoms with Gasteiger partial charge in [-0.1, -0.05) is 30.3 Å². The van der Waals surface area contributed by atoms with Crippen molar-refractivity contribution in [3.05, 3.63) is 81.3 Å². The van der Waals surface area contributed by atoms with Crippen LogP contribution in [0.1, 0.15) is 41.0 Å². The molecule has 2 aromatic heterocycles. The molecular weight excluding hydrogens is 360 g/mol. The van der Waals surface area contributed by atoms with Gasteiger partial charge in [-0.3, -0.25) is 4.90 Å². The summed E-state index contributed by atoms with van der Waals surface area (Å²) in [6.07, 6.45) is 4.46. The zero-order chi connectivity index (χ0) is 20.0. The largest absolute Gasteiger partial charge is 0.422 e. The molecule has 148 valence electrons. The number of nitrogens with zero attached hydrogens (tertiary/aromatic N) is 1. The summed E-state index contributed by atoms with van der Waals surface area (Å²) in [7, 11) is 0. The maximum absolute atomic E-state index is 12.2. The number of benzene rings is 2. The lowest BCUT2D eigenvalue weighted by atomic mass is 9.89. The number of aromatic amines is 1. The van der Waals surface area contributed by atoms with Crippen molar-refractivity contribution in [3.63, 3.8) is 0 Å². The number of nitrogens with one attached hydrogen (secondary N) is 1. The summed E-state index contributed by atoms with van der Waals surface area (Å²) in [6, 6.07) is 14.4. The van der Waals surface area contributed by atoms with Crippen LogP contribution in [0.25, 0.3) is 21.9 Å². The number of likely N-dealkylation sites (tertiary alicyclic amines) is 1. The van der Waals surface area contributed by atoms with E-state index in [1.54, 1.807) is 6.07 Å². The highest BCUT2D eigenvalue weighted by Gasteiger charge is 2.23. The van der Waals surface area contributed by atoms with Crippen molar-refractivity contribution in [2.45, 2.75) is 39.2 Å². The van der Waals surface area contributed by atoms with E-state index in [1.165, 1.54) is 16.5 Å². The predicted molar refractivity (Wildman–Crippen MR) is 118 cm³/mol. The van der Waals surface area contributed by atoms with E-state index < -0.39 is 0 Å². The minimum Gasteiger partial charge on any atom is -0.422 e. The molecule has 1 N–H and O–H groups in total. The summed E-state index contributed by atoms with van der Waals surface area (Å²) in [5.41, 5.74) is 6.42. The molecule has 0 atom stereocenters. The van der Waals surface area contributed by atoms with Gasteiger partial charge in [-0.05, 0) is 74.0 Å². The van der Waals surface area contributed by atoms with E-state index in [0.717, 1.165) is 60.1 Å². The van der Waals surface area contributed by atoms with Gasteiger partial charge in [-0.15, -0.1) is 0 Å². The van der Waals surface area contributed by atoms with Gasteiger partial charge in [0.05, 0.1) is 0 Å². The van der Waals surface area contributed by atoms with E-state index in [-0.39, 0.29) is 5.63 Å². The topological polar surface area (TPSA) is 49.2 Å².